The number of amidine groups is 1. The van der Waals surface area contributed by atoms with E-state index in [1.807, 2.05) is 24.3 Å². The minimum Gasteiger partial charge on any atom is -0.367 e. The maximum Gasteiger partial charge on any atom is 0.416 e. The first kappa shape index (κ1) is 22.9. The first-order valence-corrected chi connectivity index (χ1v) is 11.5. The van der Waals surface area contributed by atoms with Crippen molar-refractivity contribution in [3.05, 3.63) is 83.2 Å². The van der Waals surface area contributed by atoms with E-state index >= 15 is 0 Å². The third-order valence-corrected chi connectivity index (χ3v) is 6.23. The normalized spacial score (nSPS) is 17.2. The predicted molar refractivity (Wildman–Crippen MR) is 129 cm³/mol. The van der Waals surface area contributed by atoms with Gasteiger partial charge in [-0.15, -0.1) is 0 Å². The van der Waals surface area contributed by atoms with Gasteiger partial charge in [-0.3, -0.25) is 14.8 Å². The number of nitrogens with zero attached hydrogens (tertiary/aromatic N) is 2. The van der Waals surface area contributed by atoms with Crippen molar-refractivity contribution in [2.45, 2.75) is 25.4 Å². The molecular weight excluding hydrogens is 455 g/mol. The lowest BCUT2D eigenvalue weighted by atomic mass is 9.83. The lowest BCUT2D eigenvalue weighted by Gasteiger charge is -2.25. The summed E-state index contributed by atoms with van der Waals surface area (Å²) >= 11 is 0. The van der Waals surface area contributed by atoms with Gasteiger partial charge in [0.2, 0.25) is 5.91 Å². The molecule has 0 saturated carbocycles. The van der Waals surface area contributed by atoms with Crippen LogP contribution >= 0.6 is 0 Å². The number of carbonyl (C=O) groups is 1. The molecule has 2 aromatic carbocycles. The number of alkyl halides is 3. The van der Waals surface area contributed by atoms with Gasteiger partial charge in [0.25, 0.3) is 0 Å². The fourth-order valence-corrected chi connectivity index (χ4v) is 4.45. The maximum absolute atomic E-state index is 13.0. The molecule has 35 heavy (non-hydrogen) atoms. The Balaban J connectivity index is 1.27. The first-order chi connectivity index (χ1) is 16.8. The first-order valence-electron chi connectivity index (χ1n) is 11.5. The van der Waals surface area contributed by atoms with Gasteiger partial charge in [-0.2, -0.15) is 13.2 Å². The van der Waals surface area contributed by atoms with Crippen LogP contribution in [-0.4, -0.2) is 29.8 Å². The van der Waals surface area contributed by atoms with Crippen LogP contribution in [0.15, 0.2) is 65.8 Å². The zero-order chi connectivity index (χ0) is 24.4. The van der Waals surface area contributed by atoms with Crippen molar-refractivity contribution in [3.8, 4) is 0 Å². The Morgan fingerprint density at radius 1 is 1.00 bits per heavy atom. The molecule has 180 valence electrons. The Morgan fingerprint density at radius 3 is 2.66 bits per heavy atom. The molecule has 2 aliphatic rings. The topological polar surface area (TPSA) is 78.4 Å². The number of aromatic nitrogens is 1. The minimum absolute atomic E-state index is 0.154. The molecule has 1 amide bonds. The maximum atomic E-state index is 13.0. The molecule has 0 bridgehead atoms. The number of aliphatic imine (C=N–C) groups is 1. The van der Waals surface area contributed by atoms with Gasteiger partial charge in [-0.05, 0) is 72.9 Å². The van der Waals surface area contributed by atoms with Crippen LogP contribution in [0.25, 0.3) is 0 Å². The van der Waals surface area contributed by atoms with Gasteiger partial charge in [0.05, 0.1) is 12.1 Å². The lowest BCUT2D eigenvalue weighted by molar-refractivity contribution is -0.137. The van der Waals surface area contributed by atoms with E-state index in [-0.39, 0.29) is 17.5 Å². The fraction of sp³-hybridized carbons (Fsp3) is 0.269. The molecule has 1 aliphatic carbocycles. The molecule has 3 N–H and O–H groups in total. The summed E-state index contributed by atoms with van der Waals surface area (Å²) in [4.78, 5) is 21.6. The highest BCUT2D eigenvalue weighted by Gasteiger charge is 2.31. The molecule has 1 aliphatic heterocycles. The van der Waals surface area contributed by atoms with E-state index in [1.165, 1.54) is 17.7 Å². The Morgan fingerprint density at radius 2 is 1.86 bits per heavy atom. The summed E-state index contributed by atoms with van der Waals surface area (Å²) < 4.78 is 39.0. The third kappa shape index (κ3) is 5.29. The van der Waals surface area contributed by atoms with Gasteiger partial charge in [-0.25, -0.2) is 0 Å². The molecule has 0 saturated heterocycles. The van der Waals surface area contributed by atoms with E-state index < -0.39 is 11.7 Å². The summed E-state index contributed by atoms with van der Waals surface area (Å²) in [7, 11) is 0. The van der Waals surface area contributed by atoms with Crippen LogP contribution < -0.4 is 16.0 Å². The Bertz CT molecular complexity index is 1290. The highest BCUT2D eigenvalue weighted by molar-refractivity contribution is 5.98. The van der Waals surface area contributed by atoms with Crippen LogP contribution in [0, 0.1) is 5.92 Å². The lowest BCUT2D eigenvalue weighted by Crippen LogP contribution is -2.28. The van der Waals surface area contributed by atoms with E-state index in [0.29, 0.717) is 12.8 Å². The van der Waals surface area contributed by atoms with Gasteiger partial charge in [0.1, 0.15) is 11.5 Å². The number of anilines is 3. The van der Waals surface area contributed by atoms with E-state index in [0.717, 1.165) is 60.1 Å². The second-order valence-electron chi connectivity index (χ2n) is 8.70. The third-order valence-electron chi connectivity index (χ3n) is 6.23. The predicted octanol–water partition coefficient (Wildman–Crippen LogP) is 4.94. The number of benzene rings is 2. The molecule has 1 atom stereocenters. The number of rotatable bonds is 5. The molecule has 3 aromatic rings. The molecule has 9 heteroatoms. The van der Waals surface area contributed by atoms with Crippen LogP contribution in [0.1, 0.15) is 28.8 Å². The number of aryl methyl sites for hydroxylation is 1. The summed E-state index contributed by atoms with van der Waals surface area (Å²) in [5, 5.41) is 9.27. The van der Waals surface area contributed by atoms with E-state index in [4.69, 9.17) is 0 Å². The number of pyridine rings is 1. The minimum atomic E-state index is -4.45. The fourth-order valence-electron chi connectivity index (χ4n) is 4.45. The van der Waals surface area contributed by atoms with Crippen molar-refractivity contribution in [1.82, 2.24) is 10.3 Å². The second-order valence-corrected chi connectivity index (χ2v) is 8.70. The van der Waals surface area contributed by atoms with Gasteiger partial charge in [0, 0.05) is 35.7 Å². The molecule has 0 fully saturated rings. The van der Waals surface area contributed by atoms with Crippen LogP contribution in [-0.2, 0) is 23.8 Å². The molecule has 0 spiro atoms. The van der Waals surface area contributed by atoms with Crippen LogP contribution in [0.3, 0.4) is 0 Å². The Kier molecular flexibility index (Phi) is 6.15. The molecule has 0 radical (unpaired) electrons. The number of amides is 1. The van der Waals surface area contributed by atoms with Crippen molar-refractivity contribution >= 4 is 28.8 Å². The molecule has 1 unspecified atom stereocenters. The highest BCUT2D eigenvalue weighted by Crippen LogP contribution is 2.32. The Hall–Kier alpha value is -3.88. The van der Waals surface area contributed by atoms with Crippen LogP contribution in [0.5, 0.6) is 0 Å². The summed E-state index contributed by atoms with van der Waals surface area (Å²) in [5.74, 6) is 0.205. The quantitative estimate of drug-likeness (QED) is 0.485. The van der Waals surface area contributed by atoms with Crippen molar-refractivity contribution < 1.29 is 18.0 Å². The number of nitrogens with one attached hydrogen (secondary N) is 3. The number of fused-ring (bicyclic) bond motifs is 1. The molecule has 1 aromatic heterocycles. The van der Waals surface area contributed by atoms with Gasteiger partial charge < -0.3 is 16.0 Å². The number of hydrogen-bond donors (Lipinski definition) is 3. The zero-order valence-corrected chi connectivity index (χ0v) is 18.8. The SMILES string of the molecule is O=C(Nc1cccc(C(F)(F)F)c1)C1CCc2ccc(Nc3ccnc(C4=NCCN4)c3)cc2C1. The summed E-state index contributed by atoms with van der Waals surface area (Å²) in [6.07, 6.45) is -0.816. The van der Waals surface area contributed by atoms with Crippen molar-refractivity contribution in [3.63, 3.8) is 0 Å². The number of carbonyl (C=O) groups excluding carboxylic acids is 1. The molecular formula is C26H24F3N5O. The standard InChI is InChI=1S/C26H24F3N5O/c27-26(28,29)19-2-1-3-20(14-19)34-25(35)17-5-4-16-6-7-21(13-18(16)12-17)33-22-8-9-30-23(15-22)24-31-10-11-32-24/h1-3,6-9,13-15,17H,4-5,10-12H2,(H,30,33)(H,31,32)(H,34,35). The molecule has 2 heterocycles. The molecule has 6 nitrogen and oxygen atoms in total. The zero-order valence-electron chi connectivity index (χ0n) is 18.8. The van der Waals surface area contributed by atoms with E-state index in [1.54, 1.807) is 6.20 Å². The van der Waals surface area contributed by atoms with Crippen LogP contribution in [0.2, 0.25) is 0 Å². The van der Waals surface area contributed by atoms with Gasteiger partial charge in [0.15, 0.2) is 0 Å². The average molecular weight is 480 g/mol. The summed E-state index contributed by atoms with van der Waals surface area (Å²) in [6, 6.07) is 14.6. The van der Waals surface area contributed by atoms with E-state index in [2.05, 4.69) is 32.0 Å². The number of hydrogen-bond acceptors (Lipinski definition) is 5. The molecule has 5 rings (SSSR count). The highest BCUT2D eigenvalue weighted by atomic mass is 19.4. The average Bonchev–Trinajstić information content (AvgIpc) is 3.39. The second kappa shape index (κ2) is 9.40. The van der Waals surface area contributed by atoms with Gasteiger partial charge in [-0.1, -0.05) is 12.1 Å². The van der Waals surface area contributed by atoms with Gasteiger partial charge >= 0.3 is 6.18 Å². The van der Waals surface area contributed by atoms with Crippen molar-refractivity contribution in [2.24, 2.45) is 10.9 Å². The summed E-state index contributed by atoms with van der Waals surface area (Å²) in [5.41, 5.74) is 4.15. The number of halogens is 3. The summed E-state index contributed by atoms with van der Waals surface area (Å²) in [6.45, 7) is 1.55. The van der Waals surface area contributed by atoms with Crippen molar-refractivity contribution in [1.29, 1.82) is 0 Å². The van der Waals surface area contributed by atoms with Crippen LogP contribution in [0.4, 0.5) is 30.2 Å². The van der Waals surface area contributed by atoms with Crippen molar-refractivity contribution in [2.75, 3.05) is 23.7 Å². The Labute approximate surface area is 200 Å². The smallest absolute Gasteiger partial charge is 0.367 e. The largest absolute Gasteiger partial charge is 0.416 e. The van der Waals surface area contributed by atoms with E-state index in [9.17, 15) is 18.0 Å². The monoisotopic (exact) mass is 479 g/mol.